The first-order valence-corrected chi connectivity index (χ1v) is 10.1. The zero-order valence-electron chi connectivity index (χ0n) is 16.9. The van der Waals surface area contributed by atoms with E-state index in [9.17, 15) is 9.59 Å². The number of rotatable bonds is 5. The van der Waals surface area contributed by atoms with E-state index in [0.29, 0.717) is 23.5 Å². The molecular formula is C25H24N2O3. The van der Waals surface area contributed by atoms with Gasteiger partial charge in [-0.15, -0.1) is 0 Å². The molecule has 1 heterocycles. The molecule has 0 aliphatic carbocycles. The number of fused-ring (bicyclic) bond motifs is 1. The smallest absolute Gasteiger partial charge is 0.262 e. The number of nitrogens with one attached hydrogen (secondary N) is 1. The molecule has 0 saturated heterocycles. The standard InChI is InChI=1S/C25H24N2O3/c1-18-9-12-22(13-10-18)30-17-24(28)26-21-11-14-23-20(16-21)8-5-15-27(23)25(29)19-6-3-2-4-7-19/h2-4,6-7,9-14,16H,5,8,15,17H2,1H3,(H,26,28). The molecule has 0 bridgehead atoms. The lowest BCUT2D eigenvalue weighted by Crippen LogP contribution is -2.35. The highest BCUT2D eigenvalue weighted by Crippen LogP contribution is 2.31. The van der Waals surface area contributed by atoms with E-state index in [1.54, 1.807) is 0 Å². The molecule has 1 aliphatic rings. The molecule has 30 heavy (non-hydrogen) atoms. The van der Waals surface area contributed by atoms with Crippen LogP contribution in [0.25, 0.3) is 0 Å². The van der Waals surface area contributed by atoms with Crippen molar-refractivity contribution in [2.45, 2.75) is 19.8 Å². The Kier molecular flexibility index (Phi) is 5.80. The molecule has 3 aromatic carbocycles. The second-order valence-electron chi connectivity index (χ2n) is 7.42. The maximum absolute atomic E-state index is 12.9. The van der Waals surface area contributed by atoms with Crippen LogP contribution < -0.4 is 15.0 Å². The fourth-order valence-corrected chi connectivity index (χ4v) is 3.60. The van der Waals surface area contributed by atoms with Gasteiger partial charge >= 0.3 is 0 Å². The number of hydrogen-bond acceptors (Lipinski definition) is 3. The van der Waals surface area contributed by atoms with E-state index in [4.69, 9.17) is 4.74 Å². The van der Waals surface area contributed by atoms with Crippen molar-refractivity contribution in [1.29, 1.82) is 0 Å². The minimum Gasteiger partial charge on any atom is -0.484 e. The van der Waals surface area contributed by atoms with E-state index in [0.717, 1.165) is 29.7 Å². The first-order chi connectivity index (χ1) is 14.6. The molecule has 2 amide bonds. The molecule has 0 radical (unpaired) electrons. The Labute approximate surface area is 176 Å². The number of carbonyl (C=O) groups excluding carboxylic acids is 2. The van der Waals surface area contributed by atoms with Gasteiger partial charge in [0, 0.05) is 23.5 Å². The number of nitrogens with zero attached hydrogens (tertiary/aromatic N) is 1. The van der Waals surface area contributed by atoms with Crippen LogP contribution in [0.3, 0.4) is 0 Å². The van der Waals surface area contributed by atoms with E-state index in [2.05, 4.69) is 5.32 Å². The van der Waals surface area contributed by atoms with Gasteiger partial charge in [-0.1, -0.05) is 35.9 Å². The van der Waals surface area contributed by atoms with Crippen molar-refractivity contribution in [3.05, 3.63) is 89.5 Å². The molecule has 0 saturated carbocycles. The number of aryl methyl sites for hydroxylation is 2. The molecule has 1 N–H and O–H groups in total. The van der Waals surface area contributed by atoms with Crippen LogP contribution >= 0.6 is 0 Å². The summed E-state index contributed by atoms with van der Waals surface area (Å²) in [4.78, 5) is 27.0. The van der Waals surface area contributed by atoms with Crippen LogP contribution in [0.15, 0.2) is 72.8 Å². The Morgan fingerprint density at radius 1 is 1.00 bits per heavy atom. The Morgan fingerprint density at radius 3 is 2.53 bits per heavy atom. The predicted octanol–water partition coefficient (Wildman–Crippen LogP) is 4.61. The molecule has 1 aliphatic heterocycles. The van der Waals surface area contributed by atoms with E-state index in [1.165, 1.54) is 0 Å². The van der Waals surface area contributed by atoms with Gasteiger partial charge in [-0.05, 0) is 67.8 Å². The van der Waals surface area contributed by atoms with Crippen LogP contribution in [0.1, 0.15) is 27.9 Å². The first kappa shape index (κ1) is 19.7. The van der Waals surface area contributed by atoms with Crippen molar-refractivity contribution in [2.24, 2.45) is 0 Å². The largest absolute Gasteiger partial charge is 0.484 e. The zero-order chi connectivity index (χ0) is 20.9. The molecule has 0 spiro atoms. The summed E-state index contributed by atoms with van der Waals surface area (Å²) in [6, 6.07) is 22.6. The summed E-state index contributed by atoms with van der Waals surface area (Å²) in [5.41, 5.74) is 4.49. The van der Waals surface area contributed by atoms with E-state index < -0.39 is 0 Å². The van der Waals surface area contributed by atoms with Crippen molar-refractivity contribution < 1.29 is 14.3 Å². The summed E-state index contributed by atoms with van der Waals surface area (Å²) in [7, 11) is 0. The van der Waals surface area contributed by atoms with Crippen molar-refractivity contribution >= 4 is 23.2 Å². The number of ether oxygens (including phenoxy) is 1. The highest BCUT2D eigenvalue weighted by Gasteiger charge is 2.23. The number of anilines is 2. The second-order valence-corrected chi connectivity index (χ2v) is 7.42. The lowest BCUT2D eigenvalue weighted by Gasteiger charge is -2.30. The van der Waals surface area contributed by atoms with Crippen LogP contribution in [0.2, 0.25) is 0 Å². The van der Waals surface area contributed by atoms with Crippen molar-refractivity contribution in [3.8, 4) is 5.75 Å². The number of hydrogen-bond donors (Lipinski definition) is 1. The Bertz CT molecular complexity index is 1050. The Balaban J connectivity index is 1.42. The fourth-order valence-electron chi connectivity index (χ4n) is 3.60. The van der Waals surface area contributed by atoms with Crippen molar-refractivity contribution in [3.63, 3.8) is 0 Å². The topological polar surface area (TPSA) is 58.6 Å². The van der Waals surface area contributed by atoms with Gasteiger partial charge in [-0.25, -0.2) is 0 Å². The molecular weight excluding hydrogens is 376 g/mol. The van der Waals surface area contributed by atoms with Crippen LogP contribution in [0, 0.1) is 6.92 Å². The minimum atomic E-state index is -0.219. The van der Waals surface area contributed by atoms with Gasteiger partial charge in [-0.2, -0.15) is 0 Å². The van der Waals surface area contributed by atoms with Gasteiger partial charge in [0.1, 0.15) is 5.75 Å². The van der Waals surface area contributed by atoms with Crippen molar-refractivity contribution in [1.82, 2.24) is 0 Å². The molecule has 0 atom stereocenters. The summed E-state index contributed by atoms with van der Waals surface area (Å²) in [5.74, 6) is 0.444. The normalized spacial score (nSPS) is 12.8. The molecule has 0 unspecified atom stereocenters. The highest BCUT2D eigenvalue weighted by atomic mass is 16.5. The molecule has 5 nitrogen and oxygen atoms in total. The quantitative estimate of drug-likeness (QED) is 0.681. The maximum Gasteiger partial charge on any atom is 0.262 e. The zero-order valence-corrected chi connectivity index (χ0v) is 16.9. The average molecular weight is 400 g/mol. The monoisotopic (exact) mass is 400 g/mol. The lowest BCUT2D eigenvalue weighted by molar-refractivity contribution is -0.118. The van der Waals surface area contributed by atoms with Gasteiger partial charge in [0.25, 0.3) is 11.8 Å². The van der Waals surface area contributed by atoms with Crippen LogP contribution in [-0.2, 0) is 11.2 Å². The minimum absolute atomic E-state index is 0.000154. The highest BCUT2D eigenvalue weighted by molar-refractivity contribution is 6.07. The first-order valence-electron chi connectivity index (χ1n) is 10.1. The van der Waals surface area contributed by atoms with Gasteiger partial charge in [-0.3, -0.25) is 9.59 Å². The predicted molar refractivity (Wildman–Crippen MR) is 118 cm³/mol. The SMILES string of the molecule is Cc1ccc(OCC(=O)Nc2ccc3c(c2)CCCN3C(=O)c2ccccc2)cc1. The summed E-state index contributed by atoms with van der Waals surface area (Å²) in [6.07, 6.45) is 1.76. The van der Waals surface area contributed by atoms with Gasteiger partial charge < -0.3 is 15.0 Å². The third-order valence-electron chi connectivity index (χ3n) is 5.14. The number of amides is 2. The van der Waals surface area contributed by atoms with Crippen LogP contribution in [0.4, 0.5) is 11.4 Å². The third kappa shape index (κ3) is 4.51. The third-order valence-corrected chi connectivity index (χ3v) is 5.14. The molecule has 5 heteroatoms. The van der Waals surface area contributed by atoms with Crippen LogP contribution in [0.5, 0.6) is 5.75 Å². The molecule has 3 aromatic rings. The Hall–Kier alpha value is -3.60. The average Bonchev–Trinajstić information content (AvgIpc) is 2.78. The van der Waals surface area contributed by atoms with Crippen molar-refractivity contribution in [2.75, 3.05) is 23.4 Å². The molecule has 152 valence electrons. The summed E-state index contributed by atoms with van der Waals surface area (Å²) >= 11 is 0. The van der Waals surface area contributed by atoms with E-state index >= 15 is 0 Å². The molecule has 0 fully saturated rings. The van der Waals surface area contributed by atoms with E-state index in [-0.39, 0.29) is 18.4 Å². The number of carbonyl (C=O) groups is 2. The lowest BCUT2D eigenvalue weighted by atomic mass is 10.00. The van der Waals surface area contributed by atoms with E-state index in [1.807, 2.05) is 84.6 Å². The summed E-state index contributed by atoms with van der Waals surface area (Å²) < 4.78 is 5.54. The Morgan fingerprint density at radius 2 is 1.77 bits per heavy atom. The van der Waals surface area contributed by atoms with Gasteiger partial charge in [0.15, 0.2) is 6.61 Å². The summed E-state index contributed by atoms with van der Waals surface area (Å²) in [6.45, 7) is 2.64. The van der Waals surface area contributed by atoms with Gasteiger partial charge in [0.05, 0.1) is 0 Å². The molecule has 4 rings (SSSR count). The number of benzene rings is 3. The second kappa shape index (κ2) is 8.82. The molecule has 0 aromatic heterocycles. The maximum atomic E-state index is 12.9. The van der Waals surface area contributed by atoms with Gasteiger partial charge in [0.2, 0.25) is 0 Å². The van der Waals surface area contributed by atoms with Crippen LogP contribution in [-0.4, -0.2) is 25.0 Å². The summed E-state index contributed by atoms with van der Waals surface area (Å²) in [5, 5.41) is 2.88. The fraction of sp³-hybridized carbons (Fsp3) is 0.200.